The summed E-state index contributed by atoms with van der Waals surface area (Å²) in [7, 11) is 0. The van der Waals surface area contributed by atoms with Gasteiger partial charge in [0.2, 0.25) is 0 Å². The molecule has 3 N–H and O–H groups in total. The fraction of sp³-hybridized carbons (Fsp3) is 0.500. The predicted molar refractivity (Wildman–Crippen MR) is 44.4 cm³/mol. The standard InChI is InChI=1S/C6H11N3.ClH/c1-3-5-4(2)8-9-6(5)7;/h3H2,1-2H3,(H3,7,8,9);1H. The van der Waals surface area contributed by atoms with Gasteiger partial charge >= 0.3 is 0 Å². The van der Waals surface area contributed by atoms with Crippen molar-refractivity contribution in [3.8, 4) is 0 Å². The fourth-order valence-electron chi connectivity index (χ4n) is 0.917. The van der Waals surface area contributed by atoms with Crippen LogP contribution in [0.1, 0.15) is 18.2 Å². The van der Waals surface area contributed by atoms with E-state index in [-0.39, 0.29) is 12.4 Å². The summed E-state index contributed by atoms with van der Waals surface area (Å²) in [4.78, 5) is 0. The van der Waals surface area contributed by atoms with Crippen molar-refractivity contribution >= 4 is 18.2 Å². The van der Waals surface area contributed by atoms with Crippen LogP contribution in [0.3, 0.4) is 0 Å². The van der Waals surface area contributed by atoms with Gasteiger partial charge < -0.3 is 5.73 Å². The highest BCUT2D eigenvalue weighted by molar-refractivity contribution is 5.85. The highest BCUT2D eigenvalue weighted by atomic mass is 35.5. The first-order valence-electron chi connectivity index (χ1n) is 3.05. The van der Waals surface area contributed by atoms with Gasteiger partial charge in [0.15, 0.2) is 0 Å². The molecule has 58 valence electrons. The third-order valence-corrected chi connectivity index (χ3v) is 1.46. The topological polar surface area (TPSA) is 54.7 Å². The first-order valence-corrected chi connectivity index (χ1v) is 3.05. The summed E-state index contributed by atoms with van der Waals surface area (Å²) in [5.74, 6) is 0.634. The molecule has 0 aliphatic heterocycles. The molecule has 0 spiro atoms. The molecule has 4 heteroatoms. The zero-order chi connectivity index (χ0) is 6.85. The molecule has 1 rings (SSSR count). The Bertz CT molecular complexity index is 187. The molecule has 0 fully saturated rings. The van der Waals surface area contributed by atoms with Gasteiger partial charge in [-0.2, -0.15) is 5.10 Å². The van der Waals surface area contributed by atoms with Crippen LogP contribution in [0.15, 0.2) is 0 Å². The molecule has 1 heterocycles. The van der Waals surface area contributed by atoms with Crippen molar-refractivity contribution in [2.45, 2.75) is 20.3 Å². The third kappa shape index (κ3) is 1.42. The maximum atomic E-state index is 5.51. The number of aromatic nitrogens is 2. The van der Waals surface area contributed by atoms with Gasteiger partial charge in [-0.05, 0) is 13.3 Å². The number of nitrogens with two attached hydrogens (primary N) is 1. The van der Waals surface area contributed by atoms with E-state index in [0.717, 1.165) is 17.7 Å². The molecule has 0 saturated carbocycles. The number of anilines is 1. The van der Waals surface area contributed by atoms with Crippen LogP contribution in [0.4, 0.5) is 5.82 Å². The number of rotatable bonds is 1. The van der Waals surface area contributed by atoms with Gasteiger partial charge in [0.1, 0.15) is 5.82 Å². The number of H-pyrrole nitrogens is 1. The molecule has 0 atom stereocenters. The quantitative estimate of drug-likeness (QED) is 0.652. The number of aryl methyl sites for hydroxylation is 1. The van der Waals surface area contributed by atoms with E-state index >= 15 is 0 Å². The minimum atomic E-state index is 0. The van der Waals surface area contributed by atoms with E-state index in [0.29, 0.717) is 5.82 Å². The van der Waals surface area contributed by atoms with Crippen molar-refractivity contribution in [1.82, 2.24) is 10.2 Å². The lowest BCUT2D eigenvalue weighted by molar-refractivity contribution is 1.04. The number of nitrogen functional groups attached to an aromatic ring is 1. The summed E-state index contributed by atoms with van der Waals surface area (Å²) >= 11 is 0. The molecule has 0 aliphatic rings. The number of hydrogen-bond acceptors (Lipinski definition) is 2. The Morgan fingerprint density at radius 3 is 2.40 bits per heavy atom. The molecule has 0 amide bonds. The largest absolute Gasteiger partial charge is 0.382 e. The first kappa shape index (κ1) is 9.30. The Kier molecular flexibility index (Phi) is 3.22. The second-order valence-electron chi connectivity index (χ2n) is 2.07. The molecule has 1 aromatic heterocycles. The van der Waals surface area contributed by atoms with Crippen molar-refractivity contribution in [3.05, 3.63) is 11.3 Å². The average Bonchev–Trinajstić information content (AvgIpc) is 2.12. The van der Waals surface area contributed by atoms with Crippen molar-refractivity contribution in [2.75, 3.05) is 5.73 Å². The Balaban J connectivity index is 0.000000810. The van der Waals surface area contributed by atoms with Crippen LogP contribution < -0.4 is 5.73 Å². The summed E-state index contributed by atoms with van der Waals surface area (Å²) in [6.45, 7) is 4.04. The summed E-state index contributed by atoms with van der Waals surface area (Å²) < 4.78 is 0. The van der Waals surface area contributed by atoms with Crippen LogP contribution in [0.2, 0.25) is 0 Å². The minimum absolute atomic E-state index is 0. The van der Waals surface area contributed by atoms with Crippen molar-refractivity contribution in [1.29, 1.82) is 0 Å². The Labute approximate surface area is 66.4 Å². The lowest BCUT2D eigenvalue weighted by atomic mass is 10.2. The number of halogens is 1. The van der Waals surface area contributed by atoms with E-state index in [1.54, 1.807) is 0 Å². The molecular weight excluding hydrogens is 150 g/mol. The van der Waals surface area contributed by atoms with Gasteiger partial charge in [-0.25, -0.2) is 0 Å². The number of nitrogens with one attached hydrogen (secondary N) is 1. The SMILES string of the molecule is CCc1c(N)n[nH]c1C.Cl. The second-order valence-corrected chi connectivity index (χ2v) is 2.07. The van der Waals surface area contributed by atoms with Crippen molar-refractivity contribution in [2.24, 2.45) is 0 Å². The van der Waals surface area contributed by atoms with E-state index < -0.39 is 0 Å². The molecule has 3 nitrogen and oxygen atoms in total. The van der Waals surface area contributed by atoms with E-state index in [1.165, 1.54) is 0 Å². The second kappa shape index (κ2) is 3.46. The first-order chi connectivity index (χ1) is 4.25. The molecular formula is C6H12ClN3. The van der Waals surface area contributed by atoms with Crippen LogP contribution in [-0.2, 0) is 6.42 Å². The van der Waals surface area contributed by atoms with Crippen LogP contribution in [0.5, 0.6) is 0 Å². The summed E-state index contributed by atoms with van der Waals surface area (Å²) in [6.07, 6.45) is 0.953. The Hall–Kier alpha value is -0.700. The summed E-state index contributed by atoms with van der Waals surface area (Å²) in [5, 5.41) is 6.65. The normalized spacial score (nSPS) is 9.00. The Morgan fingerprint density at radius 2 is 2.20 bits per heavy atom. The van der Waals surface area contributed by atoms with Gasteiger partial charge in [0.25, 0.3) is 0 Å². The van der Waals surface area contributed by atoms with Gasteiger partial charge in [-0.1, -0.05) is 6.92 Å². The van der Waals surface area contributed by atoms with E-state index in [4.69, 9.17) is 5.73 Å². The summed E-state index contributed by atoms with van der Waals surface area (Å²) in [6, 6.07) is 0. The zero-order valence-electron chi connectivity index (χ0n) is 6.14. The zero-order valence-corrected chi connectivity index (χ0v) is 6.96. The lowest BCUT2D eigenvalue weighted by Crippen LogP contribution is -1.89. The maximum absolute atomic E-state index is 5.51. The van der Waals surface area contributed by atoms with Crippen LogP contribution in [-0.4, -0.2) is 10.2 Å². The maximum Gasteiger partial charge on any atom is 0.148 e. The highest BCUT2D eigenvalue weighted by Gasteiger charge is 2.01. The minimum Gasteiger partial charge on any atom is -0.382 e. The third-order valence-electron chi connectivity index (χ3n) is 1.46. The van der Waals surface area contributed by atoms with Crippen LogP contribution in [0, 0.1) is 6.92 Å². The van der Waals surface area contributed by atoms with Gasteiger partial charge in [0, 0.05) is 11.3 Å². The number of aromatic amines is 1. The van der Waals surface area contributed by atoms with E-state index in [2.05, 4.69) is 17.1 Å². The van der Waals surface area contributed by atoms with Gasteiger partial charge in [-0.3, -0.25) is 5.10 Å². The molecule has 0 aliphatic carbocycles. The monoisotopic (exact) mass is 161 g/mol. The smallest absolute Gasteiger partial charge is 0.148 e. The van der Waals surface area contributed by atoms with E-state index in [1.807, 2.05) is 6.92 Å². The molecule has 10 heavy (non-hydrogen) atoms. The highest BCUT2D eigenvalue weighted by Crippen LogP contribution is 2.11. The molecule has 0 aromatic carbocycles. The molecule has 1 aromatic rings. The fourth-order valence-corrected chi connectivity index (χ4v) is 0.917. The molecule has 0 bridgehead atoms. The number of hydrogen-bond donors (Lipinski definition) is 2. The molecule has 0 unspecified atom stereocenters. The van der Waals surface area contributed by atoms with E-state index in [9.17, 15) is 0 Å². The van der Waals surface area contributed by atoms with Crippen LogP contribution in [0.25, 0.3) is 0 Å². The van der Waals surface area contributed by atoms with Crippen molar-refractivity contribution in [3.63, 3.8) is 0 Å². The Morgan fingerprint density at radius 1 is 1.60 bits per heavy atom. The predicted octanol–water partition coefficient (Wildman–Crippen LogP) is 1.28. The van der Waals surface area contributed by atoms with Gasteiger partial charge in [0.05, 0.1) is 0 Å². The molecule has 0 saturated heterocycles. The molecule has 0 radical (unpaired) electrons. The number of nitrogens with zero attached hydrogens (tertiary/aromatic N) is 1. The van der Waals surface area contributed by atoms with Gasteiger partial charge in [-0.15, -0.1) is 12.4 Å². The lowest BCUT2D eigenvalue weighted by Gasteiger charge is -1.90. The van der Waals surface area contributed by atoms with Crippen LogP contribution >= 0.6 is 12.4 Å². The van der Waals surface area contributed by atoms with Crippen molar-refractivity contribution < 1.29 is 0 Å². The summed E-state index contributed by atoms with van der Waals surface area (Å²) in [5.41, 5.74) is 7.72. The average molecular weight is 162 g/mol.